The monoisotopic (exact) mass is 400 g/mol. The molecule has 30 heavy (non-hydrogen) atoms. The number of nitrogens with zero attached hydrogens (tertiary/aromatic N) is 5. The minimum Gasteiger partial charge on any atom is -0.322 e. The Morgan fingerprint density at radius 3 is 2.67 bits per heavy atom. The van der Waals surface area contributed by atoms with Crippen molar-refractivity contribution >= 4 is 10.9 Å². The van der Waals surface area contributed by atoms with E-state index in [1.54, 1.807) is 0 Å². The number of tetrazole rings is 1. The Kier molecular flexibility index (Phi) is 4.88. The zero-order valence-electron chi connectivity index (χ0n) is 17.0. The number of aromatic amines is 1. The summed E-state index contributed by atoms with van der Waals surface area (Å²) >= 11 is 0. The van der Waals surface area contributed by atoms with E-state index < -0.39 is 0 Å². The highest BCUT2D eigenvalue weighted by Crippen LogP contribution is 2.30. The summed E-state index contributed by atoms with van der Waals surface area (Å²) in [5, 5.41) is 13.6. The fourth-order valence-electron chi connectivity index (χ4n) is 4.32. The highest BCUT2D eigenvalue weighted by atomic mass is 16.1. The maximum absolute atomic E-state index is 13.1. The van der Waals surface area contributed by atoms with Crippen molar-refractivity contribution in [1.29, 1.82) is 0 Å². The van der Waals surface area contributed by atoms with Gasteiger partial charge in [0.2, 0.25) is 0 Å². The van der Waals surface area contributed by atoms with Crippen LogP contribution in [0.15, 0.2) is 59.4 Å². The van der Waals surface area contributed by atoms with Crippen LogP contribution in [-0.2, 0) is 6.54 Å². The van der Waals surface area contributed by atoms with Crippen LogP contribution < -0.4 is 5.56 Å². The second-order valence-corrected chi connectivity index (χ2v) is 7.97. The lowest BCUT2D eigenvalue weighted by Gasteiger charge is -2.26. The molecule has 0 unspecified atom stereocenters. The van der Waals surface area contributed by atoms with Gasteiger partial charge >= 0.3 is 0 Å². The average molecular weight is 400 g/mol. The summed E-state index contributed by atoms with van der Waals surface area (Å²) < 4.78 is 1.82. The van der Waals surface area contributed by atoms with Crippen LogP contribution in [0.5, 0.6) is 0 Å². The molecule has 0 aliphatic carbocycles. The van der Waals surface area contributed by atoms with Gasteiger partial charge in [0.25, 0.3) is 5.56 Å². The summed E-state index contributed by atoms with van der Waals surface area (Å²) in [5.74, 6) is 0.707. The molecular formula is C23H24N6O. The zero-order valence-corrected chi connectivity index (χ0v) is 17.0. The molecule has 0 bridgehead atoms. The number of fused-ring (bicyclic) bond motifs is 1. The van der Waals surface area contributed by atoms with Crippen molar-refractivity contribution < 1.29 is 0 Å². The molecule has 1 fully saturated rings. The lowest BCUT2D eigenvalue weighted by molar-refractivity contribution is 0.263. The first-order valence-electron chi connectivity index (χ1n) is 10.4. The molecule has 1 aliphatic heterocycles. The van der Waals surface area contributed by atoms with Crippen molar-refractivity contribution in [1.82, 2.24) is 30.1 Å². The molecule has 1 saturated heterocycles. The highest BCUT2D eigenvalue weighted by Gasteiger charge is 2.32. The lowest BCUT2D eigenvalue weighted by Crippen LogP contribution is -2.33. The number of pyridine rings is 1. The van der Waals surface area contributed by atoms with Crippen molar-refractivity contribution in [2.24, 2.45) is 0 Å². The van der Waals surface area contributed by atoms with Gasteiger partial charge in [-0.1, -0.05) is 42.0 Å². The van der Waals surface area contributed by atoms with E-state index in [-0.39, 0.29) is 11.6 Å². The second-order valence-electron chi connectivity index (χ2n) is 7.97. The van der Waals surface area contributed by atoms with E-state index in [9.17, 15) is 4.79 Å². The first-order valence-corrected chi connectivity index (χ1v) is 10.4. The van der Waals surface area contributed by atoms with Gasteiger partial charge < -0.3 is 4.98 Å². The highest BCUT2D eigenvalue weighted by molar-refractivity contribution is 5.79. The van der Waals surface area contributed by atoms with Crippen LogP contribution in [0.2, 0.25) is 0 Å². The van der Waals surface area contributed by atoms with E-state index in [1.165, 1.54) is 0 Å². The van der Waals surface area contributed by atoms with Crippen LogP contribution in [0.1, 0.15) is 41.4 Å². The first-order chi connectivity index (χ1) is 14.7. The topological polar surface area (TPSA) is 79.7 Å². The van der Waals surface area contributed by atoms with E-state index >= 15 is 0 Å². The summed E-state index contributed by atoms with van der Waals surface area (Å²) in [7, 11) is 0. The summed E-state index contributed by atoms with van der Waals surface area (Å²) in [6.07, 6.45) is 2.22. The van der Waals surface area contributed by atoms with Crippen molar-refractivity contribution in [3.8, 4) is 0 Å². The summed E-state index contributed by atoms with van der Waals surface area (Å²) in [4.78, 5) is 18.5. The molecule has 152 valence electrons. The molecule has 3 heterocycles. The maximum Gasteiger partial charge on any atom is 0.253 e. The smallest absolute Gasteiger partial charge is 0.253 e. The number of H-pyrrole nitrogens is 1. The number of rotatable bonds is 5. The number of likely N-dealkylation sites (tertiary alicyclic amines) is 1. The van der Waals surface area contributed by atoms with Crippen LogP contribution in [0.25, 0.3) is 10.9 Å². The third kappa shape index (κ3) is 3.52. The molecule has 1 N–H and O–H groups in total. The van der Waals surface area contributed by atoms with Crippen LogP contribution in [0.4, 0.5) is 0 Å². The normalized spacial score (nSPS) is 15.6. The molecule has 1 aliphatic rings. The number of hydrogen-bond donors (Lipinski definition) is 1. The molecule has 0 spiro atoms. The zero-order chi connectivity index (χ0) is 20.5. The van der Waals surface area contributed by atoms with E-state index in [2.05, 4.69) is 50.5 Å². The maximum atomic E-state index is 13.1. The fraction of sp³-hybridized carbons (Fsp3) is 0.304. The van der Waals surface area contributed by atoms with Crippen molar-refractivity contribution in [2.45, 2.75) is 32.4 Å². The largest absolute Gasteiger partial charge is 0.322 e. The van der Waals surface area contributed by atoms with Crippen LogP contribution >= 0.6 is 0 Å². The molecule has 0 radical (unpaired) electrons. The van der Waals surface area contributed by atoms with E-state index in [4.69, 9.17) is 0 Å². The Labute approximate surface area is 174 Å². The van der Waals surface area contributed by atoms with Gasteiger partial charge in [0, 0.05) is 11.1 Å². The van der Waals surface area contributed by atoms with E-state index in [0.717, 1.165) is 48.0 Å². The molecule has 7 heteroatoms. The summed E-state index contributed by atoms with van der Waals surface area (Å²) in [5.41, 5.74) is 3.73. The van der Waals surface area contributed by atoms with Gasteiger partial charge in [-0.05, 0) is 72.4 Å². The van der Waals surface area contributed by atoms with Crippen LogP contribution in [0, 0.1) is 6.92 Å². The van der Waals surface area contributed by atoms with Gasteiger partial charge in [-0.15, -0.1) is 5.10 Å². The van der Waals surface area contributed by atoms with Gasteiger partial charge in [-0.3, -0.25) is 9.69 Å². The minimum atomic E-state index is -0.278. The number of nitrogens with one attached hydrogen (secondary N) is 1. The van der Waals surface area contributed by atoms with Gasteiger partial charge in [0.05, 0.1) is 6.54 Å². The third-order valence-corrected chi connectivity index (χ3v) is 5.81. The molecular weight excluding hydrogens is 376 g/mol. The molecule has 1 atom stereocenters. The molecule has 0 amide bonds. The molecule has 5 rings (SSSR count). The second kappa shape index (κ2) is 7.84. The van der Waals surface area contributed by atoms with Gasteiger partial charge in [-0.2, -0.15) is 0 Å². The Morgan fingerprint density at radius 2 is 1.87 bits per heavy atom. The predicted molar refractivity (Wildman–Crippen MR) is 115 cm³/mol. The van der Waals surface area contributed by atoms with Crippen molar-refractivity contribution in [3.05, 3.63) is 87.5 Å². The number of hydrogen-bond acceptors (Lipinski definition) is 5. The number of aromatic nitrogens is 5. The minimum absolute atomic E-state index is 0.0856. The summed E-state index contributed by atoms with van der Waals surface area (Å²) in [6.45, 7) is 4.48. The van der Waals surface area contributed by atoms with Gasteiger partial charge in [0.15, 0.2) is 5.82 Å². The Bertz CT molecular complexity index is 1220. The Balaban J connectivity index is 1.63. The van der Waals surface area contributed by atoms with E-state index in [1.807, 2.05) is 41.1 Å². The van der Waals surface area contributed by atoms with Gasteiger partial charge in [0.1, 0.15) is 6.04 Å². The number of aryl methyl sites for hydroxylation is 1. The first kappa shape index (κ1) is 18.7. The third-order valence-electron chi connectivity index (χ3n) is 5.81. The predicted octanol–water partition coefficient (Wildman–Crippen LogP) is 3.06. The van der Waals surface area contributed by atoms with Crippen molar-refractivity contribution in [3.63, 3.8) is 0 Å². The average Bonchev–Trinajstić information content (AvgIpc) is 3.43. The molecule has 7 nitrogen and oxygen atoms in total. The quantitative estimate of drug-likeness (QED) is 0.557. The fourth-order valence-corrected chi connectivity index (χ4v) is 4.32. The van der Waals surface area contributed by atoms with Gasteiger partial charge in [-0.25, -0.2) is 4.68 Å². The Morgan fingerprint density at radius 1 is 1.07 bits per heavy atom. The molecule has 4 aromatic rings. The standard InChI is InChI=1S/C23H24N6O/c1-16-9-10-20-18(13-16)14-19(23(30)24-20)21(28-11-5-6-12-28)22-25-26-27-29(22)15-17-7-3-2-4-8-17/h2-4,7-10,13-14,21H,5-6,11-12,15H2,1H3,(H,24,30)/t21-/m1/s1. The van der Waals surface area contributed by atoms with Crippen LogP contribution in [0.3, 0.4) is 0 Å². The lowest BCUT2D eigenvalue weighted by atomic mass is 10.0. The number of benzene rings is 2. The summed E-state index contributed by atoms with van der Waals surface area (Å²) in [6, 6.07) is 17.9. The van der Waals surface area contributed by atoms with Crippen LogP contribution in [-0.4, -0.2) is 43.2 Å². The SMILES string of the molecule is Cc1ccc2[nH]c(=O)c([C@H](c3nnnn3Cc3ccccc3)N3CCCC3)cc2c1. The Hall–Kier alpha value is -3.32. The van der Waals surface area contributed by atoms with E-state index in [0.29, 0.717) is 17.9 Å². The molecule has 0 saturated carbocycles. The molecule has 2 aromatic carbocycles. The van der Waals surface area contributed by atoms with Crippen molar-refractivity contribution in [2.75, 3.05) is 13.1 Å². The molecule has 2 aromatic heterocycles.